The lowest BCUT2D eigenvalue weighted by molar-refractivity contribution is -0.122. The zero-order valence-electron chi connectivity index (χ0n) is 16.6. The van der Waals surface area contributed by atoms with Gasteiger partial charge >= 0.3 is 0 Å². The minimum absolute atomic E-state index is 0.00702. The number of ether oxygens (including phenoxy) is 2. The second kappa shape index (κ2) is 9.60. The molecule has 11 heteroatoms. The molecule has 1 aliphatic heterocycles. The first-order chi connectivity index (χ1) is 15.4. The average molecular weight is 508 g/mol. The molecule has 0 unspecified atom stereocenters. The summed E-state index contributed by atoms with van der Waals surface area (Å²) >= 11 is 18.6. The first kappa shape index (κ1) is 22.8. The second-order valence-corrected chi connectivity index (χ2v) is 9.09. The molecule has 4 rings (SSSR count). The zero-order valence-corrected chi connectivity index (χ0v) is 19.7. The molecule has 1 amide bonds. The summed E-state index contributed by atoms with van der Waals surface area (Å²) in [6.07, 6.45) is 3.03. The van der Waals surface area contributed by atoms with E-state index in [0.29, 0.717) is 28.1 Å². The number of benzene rings is 1. The van der Waals surface area contributed by atoms with E-state index >= 15 is 0 Å². The molecule has 1 saturated heterocycles. The highest BCUT2D eigenvalue weighted by Crippen LogP contribution is 2.35. The predicted molar refractivity (Wildman–Crippen MR) is 130 cm³/mol. The molecule has 0 atom stereocenters. The van der Waals surface area contributed by atoms with Crippen LogP contribution in [0.4, 0.5) is 0 Å². The number of carbonyl (C=O) groups is 1. The van der Waals surface area contributed by atoms with E-state index in [-0.39, 0.29) is 33.0 Å². The quantitative estimate of drug-likeness (QED) is 0.355. The maximum atomic E-state index is 13.3. The van der Waals surface area contributed by atoms with E-state index in [0.717, 1.165) is 11.8 Å². The number of hydrogen-bond acceptors (Lipinski definition) is 7. The minimum atomic E-state index is -0.405. The Morgan fingerprint density at radius 1 is 1.22 bits per heavy atom. The van der Waals surface area contributed by atoms with Gasteiger partial charge in [-0.1, -0.05) is 53.2 Å². The van der Waals surface area contributed by atoms with E-state index < -0.39 is 5.56 Å². The number of thioether (sulfide) groups is 1. The monoisotopic (exact) mass is 507 g/mol. The van der Waals surface area contributed by atoms with Crippen molar-refractivity contribution in [2.75, 3.05) is 20.3 Å². The smallest absolute Gasteiger partial charge is 0.269 e. The second-order valence-electron chi connectivity index (χ2n) is 6.57. The molecule has 0 saturated carbocycles. The molecule has 0 bridgehead atoms. The van der Waals surface area contributed by atoms with Crippen LogP contribution in [0.5, 0.6) is 11.6 Å². The first-order valence-corrected chi connectivity index (χ1v) is 11.3. The van der Waals surface area contributed by atoms with E-state index in [1.165, 1.54) is 21.4 Å². The van der Waals surface area contributed by atoms with Crippen molar-refractivity contribution in [1.29, 1.82) is 0 Å². The van der Waals surface area contributed by atoms with Gasteiger partial charge in [-0.25, -0.2) is 0 Å². The van der Waals surface area contributed by atoms with Gasteiger partial charge in [-0.3, -0.25) is 18.9 Å². The van der Waals surface area contributed by atoms with Crippen molar-refractivity contribution in [3.05, 3.63) is 73.5 Å². The molecule has 1 fully saturated rings. The summed E-state index contributed by atoms with van der Waals surface area (Å²) in [5, 5.41) is 0.693. The number of aromatic nitrogens is 2. The Kier molecular flexibility index (Phi) is 6.82. The Morgan fingerprint density at radius 3 is 2.78 bits per heavy atom. The van der Waals surface area contributed by atoms with Crippen LogP contribution in [0.1, 0.15) is 5.56 Å². The van der Waals surface area contributed by atoms with Crippen molar-refractivity contribution in [2.45, 2.75) is 0 Å². The number of amides is 1. The molecule has 0 radical (unpaired) electrons. The van der Waals surface area contributed by atoms with Crippen molar-refractivity contribution in [1.82, 2.24) is 14.3 Å². The number of halogens is 2. The van der Waals surface area contributed by atoms with E-state index in [2.05, 4.69) is 4.98 Å². The van der Waals surface area contributed by atoms with Crippen LogP contribution in [-0.2, 0) is 9.53 Å². The molecular formula is C21H15Cl2N3O4S2. The molecule has 32 heavy (non-hydrogen) atoms. The van der Waals surface area contributed by atoms with Crippen LogP contribution in [0, 0.1) is 0 Å². The Bertz CT molecular complexity index is 1330. The van der Waals surface area contributed by atoms with E-state index in [4.69, 9.17) is 44.9 Å². The van der Waals surface area contributed by atoms with Gasteiger partial charge in [0.25, 0.3) is 11.5 Å². The molecule has 3 aromatic rings. The predicted octanol–water partition coefficient (Wildman–Crippen LogP) is 4.64. The summed E-state index contributed by atoms with van der Waals surface area (Å²) in [5.74, 6) is -0.0387. The van der Waals surface area contributed by atoms with Gasteiger partial charge in [0.15, 0.2) is 0 Å². The molecule has 164 valence electrons. The molecule has 1 aromatic carbocycles. The lowest BCUT2D eigenvalue weighted by Gasteiger charge is -2.13. The van der Waals surface area contributed by atoms with Crippen LogP contribution in [0.2, 0.25) is 10.0 Å². The zero-order chi connectivity index (χ0) is 22.8. The number of hydrogen-bond donors (Lipinski definition) is 0. The largest absolute Gasteiger partial charge is 0.437 e. The molecule has 2 aromatic heterocycles. The Balaban J connectivity index is 1.82. The summed E-state index contributed by atoms with van der Waals surface area (Å²) in [5.41, 5.74) is 0.0622. The molecule has 0 N–H and O–H groups in total. The van der Waals surface area contributed by atoms with Crippen molar-refractivity contribution in [3.8, 4) is 11.6 Å². The highest BCUT2D eigenvalue weighted by molar-refractivity contribution is 8.26. The number of methoxy groups -OCH3 is 1. The van der Waals surface area contributed by atoms with Gasteiger partial charge < -0.3 is 9.47 Å². The summed E-state index contributed by atoms with van der Waals surface area (Å²) in [6.45, 7) is 0.653. The van der Waals surface area contributed by atoms with Crippen LogP contribution in [0.3, 0.4) is 0 Å². The van der Waals surface area contributed by atoms with E-state index in [9.17, 15) is 9.59 Å². The van der Waals surface area contributed by atoms with E-state index in [1.807, 2.05) is 0 Å². The number of nitrogens with zero attached hydrogens (tertiary/aromatic N) is 3. The number of pyridine rings is 1. The minimum Gasteiger partial charge on any atom is -0.437 e. The van der Waals surface area contributed by atoms with E-state index in [1.54, 1.807) is 43.6 Å². The Labute approximate surface area is 202 Å². The first-order valence-electron chi connectivity index (χ1n) is 9.27. The fourth-order valence-corrected chi connectivity index (χ4v) is 4.69. The van der Waals surface area contributed by atoms with Gasteiger partial charge in [0.1, 0.15) is 21.3 Å². The van der Waals surface area contributed by atoms with Crippen LogP contribution in [-0.4, -0.2) is 44.8 Å². The van der Waals surface area contributed by atoms with Crippen molar-refractivity contribution >= 4 is 69.1 Å². The molecule has 0 aliphatic carbocycles. The Hall–Kier alpha value is -2.43. The molecule has 0 spiro atoms. The molecule has 3 heterocycles. The normalized spacial score (nSPS) is 15.2. The topological polar surface area (TPSA) is 73.1 Å². The highest BCUT2D eigenvalue weighted by atomic mass is 35.5. The molecular weight excluding hydrogens is 493 g/mol. The molecule has 1 aliphatic rings. The average Bonchev–Trinajstić information content (AvgIpc) is 3.03. The van der Waals surface area contributed by atoms with Crippen molar-refractivity contribution in [2.24, 2.45) is 0 Å². The number of carbonyl (C=O) groups excluding carboxylic acids is 1. The van der Waals surface area contributed by atoms with Gasteiger partial charge in [-0.2, -0.15) is 4.98 Å². The van der Waals surface area contributed by atoms with Crippen LogP contribution < -0.4 is 10.3 Å². The highest BCUT2D eigenvalue weighted by Gasteiger charge is 2.32. The van der Waals surface area contributed by atoms with Crippen LogP contribution in [0.25, 0.3) is 11.7 Å². The van der Waals surface area contributed by atoms with Gasteiger partial charge in [0.05, 0.1) is 23.1 Å². The third-order valence-corrected chi connectivity index (χ3v) is 6.41. The fraction of sp³-hybridized carbons (Fsp3) is 0.143. The van der Waals surface area contributed by atoms with Crippen molar-refractivity contribution in [3.63, 3.8) is 0 Å². The Morgan fingerprint density at radius 2 is 2.03 bits per heavy atom. The number of thiocarbonyl (C=S) groups is 1. The van der Waals surface area contributed by atoms with Gasteiger partial charge in [-0.05, 0) is 36.4 Å². The van der Waals surface area contributed by atoms with Gasteiger partial charge in [-0.15, -0.1) is 0 Å². The molecule has 7 nitrogen and oxygen atoms in total. The number of fused-ring (bicyclic) bond motifs is 1. The summed E-state index contributed by atoms with van der Waals surface area (Å²) in [4.78, 5) is 32.3. The summed E-state index contributed by atoms with van der Waals surface area (Å²) < 4.78 is 12.7. The van der Waals surface area contributed by atoms with Crippen LogP contribution in [0.15, 0.2) is 52.3 Å². The van der Waals surface area contributed by atoms with Crippen molar-refractivity contribution < 1.29 is 14.3 Å². The number of rotatable bonds is 6. The fourth-order valence-electron chi connectivity index (χ4n) is 2.95. The van der Waals surface area contributed by atoms with Crippen LogP contribution >= 0.6 is 47.2 Å². The summed E-state index contributed by atoms with van der Waals surface area (Å²) in [7, 11) is 1.54. The maximum Gasteiger partial charge on any atom is 0.269 e. The maximum absolute atomic E-state index is 13.3. The standard InChI is InChI=1S/C21H15Cl2N3O4S2/c1-29-9-8-26-20(28)16(32-21(26)31)11-13-18(30-15-6-5-12(22)10-14(15)23)24-17-4-2-3-7-25(17)19(13)27/h2-7,10-11H,8-9H2,1H3/b16-11+. The summed E-state index contributed by atoms with van der Waals surface area (Å²) in [6, 6.07) is 9.84. The van der Waals surface area contributed by atoms with Gasteiger partial charge in [0.2, 0.25) is 5.88 Å². The third-order valence-electron chi connectivity index (χ3n) is 4.50. The lowest BCUT2D eigenvalue weighted by atomic mass is 10.2. The van der Waals surface area contributed by atoms with Gasteiger partial charge in [0, 0.05) is 18.3 Å². The third kappa shape index (κ3) is 4.53. The lowest BCUT2D eigenvalue weighted by Crippen LogP contribution is -2.31. The SMILES string of the molecule is COCCN1C(=O)/C(=C\c2c(Oc3ccc(Cl)cc3Cl)nc3ccccn3c2=O)SC1=S.